The minimum absolute atomic E-state index is 0. The van der Waals surface area contributed by atoms with Crippen molar-refractivity contribution < 1.29 is 13.6 Å². The number of nitrogens with one attached hydrogen (secondary N) is 1. The Morgan fingerprint density at radius 3 is 2.41 bits per heavy atom. The summed E-state index contributed by atoms with van der Waals surface area (Å²) in [7, 11) is 0. The molecule has 6 heteroatoms. The van der Waals surface area contributed by atoms with Gasteiger partial charge in [-0.05, 0) is 44.9 Å². The maximum Gasteiger partial charge on any atom is 0.253 e. The van der Waals surface area contributed by atoms with Crippen molar-refractivity contribution in [1.82, 2.24) is 10.3 Å². The topological polar surface area (TPSA) is 42.0 Å². The first kappa shape index (κ1) is 22.8. The van der Waals surface area contributed by atoms with Crippen LogP contribution in [0, 0.1) is 5.82 Å². The molecule has 3 aromatic rings. The second kappa shape index (κ2) is 8.91. The minimum atomic E-state index is -1.46. The molecule has 1 atom stereocenters. The summed E-state index contributed by atoms with van der Waals surface area (Å²) >= 11 is 0. The van der Waals surface area contributed by atoms with Crippen LogP contribution in [0.2, 0.25) is 0 Å². The average molecular weight is 417 g/mol. The van der Waals surface area contributed by atoms with Crippen molar-refractivity contribution in [2.75, 3.05) is 0 Å². The Balaban J connectivity index is 0.00000300. The molecule has 3 rings (SSSR count). The molecular formula is C23H26F2N2OS. The van der Waals surface area contributed by atoms with E-state index in [1.807, 2.05) is 37.3 Å². The lowest BCUT2D eigenvalue weighted by atomic mass is 9.83. The maximum absolute atomic E-state index is 14.5. The first-order valence-electron chi connectivity index (χ1n) is 9.25. The number of para-hydroxylation sites is 1. The van der Waals surface area contributed by atoms with Gasteiger partial charge in [0.2, 0.25) is 0 Å². The predicted octanol–water partition coefficient (Wildman–Crippen LogP) is 5.36. The smallest absolute Gasteiger partial charge is 0.253 e. The summed E-state index contributed by atoms with van der Waals surface area (Å²) < 4.78 is 28.3. The van der Waals surface area contributed by atoms with Gasteiger partial charge in [0.05, 0.1) is 5.56 Å². The number of alkyl halides is 1. The van der Waals surface area contributed by atoms with Gasteiger partial charge in [0.1, 0.15) is 17.0 Å². The quantitative estimate of drug-likeness (QED) is 0.588. The predicted molar refractivity (Wildman–Crippen MR) is 118 cm³/mol. The second-order valence-electron chi connectivity index (χ2n) is 8.11. The van der Waals surface area contributed by atoms with Crippen LogP contribution < -0.4 is 5.32 Å². The highest BCUT2D eigenvalue weighted by Gasteiger charge is 2.34. The van der Waals surface area contributed by atoms with Gasteiger partial charge in [0.15, 0.2) is 0 Å². The molecule has 0 radical (unpaired) electrons. The van der Waals surface area contributed by atoms with Crippen LogP contribution >= 0.6 is 13.5 Å². The summed E-state index contributed by atoms with van der Waals surface area (Å²) in [5.74, 6) is -0.793. The Hall–Kier alpha value is -2.47. The number of nitrogens with zero attached hydrogens (tertiary/aromatic N) is 1. The van der Waals surface area contributed by atoms with Gasteiger partial charge in [-0.3, -0.25) is 9.78 Å². The van der Waals surface area contributed by atoms with Gasteiger partial charge >= 0.3 is 0 Å². The number of amides is 1. The number of hydrogen-bond acceptors (Lipinski definition) is 2. The third kappa shape index (κ3) is 6.00. The van der Waals surface area contributed by atoms with E-state index < -0.39 is 17.0 Å². The van der Waals surface area contributed by atoms with Crippen molar-refractivity contribution in [3.63, 3.8) is 0 Å². The molecule has 0 saturated carbocycles. The summed E-state index contributed by atoms with van der Waals surface area (Å²) in [5, 5.41) is 3.53. The molecule has 0 saturated heterocycles. The summed E-state index contributed by atoms with van der Waals surface area (Å²) in [6.45, 7) is 4.85. The third-order valence-electron chi connectivity index (χ3n) is 4.59. The summed E-state index contributed by atoms with van der Waals surface area (Å²) in [4.78, 5) is 17.0. The van der Waals surface area contributed by atoms with Crippen molar-refractivity contribution >= 4 is 30.3 Å². The lowest BCUT2D eigenvalue weighted by Crippen LogP contribution is -2.50. The van der Waals surface area contributed by atoms with E-state index in [1.54, 1.807) is 18.2 Å². The van der Waals surface area contributed by atoms with Crippen LogP contribution in [-0.2, 0) is 6.42 Å². The monoisotopic (exact) mass is 416 g/mol. The molecule has 1 amide bonds. The van der Waals surface area contributed by atoms with E-state index in [1.165, 1.54) is 26.1 Å². The van der Waals surface area contributed by atoms with Gasteiger partial charge in [0.25, 0.3) is 5.91 Å². The minimum Gasteiger partial charge on any atom is -0.346 e. The zero-order chi connectivity index (χ0) is 20.4. The molecule has 29 heavy (non-hydrogen) atoms. The Morgan fingerprint density at radius 1 is 1.07 bits per heavy atom. The summed E-state index contributed by atoms with van der Waals surface area (Å²) in [6.07, 6.45) is 1.99. The van der Waals surface area contributed by atoms with Crippen molar-refractivity contribution in [2.45, 2.75) is 44.8 Å². The van der Waals surface area contributed by atoms with Crippen molar-refractivity contribution in [3.8, 4) is 0 Å². The van der Waals surface area contributed by atoms with Gasteiger partial charge in [-0.25, -0.2) is 8.78 Å². The van der Waals surface area contributed by atoms with Crippen molar-refractivity contribution in [2.24, 2.45) is 0 Å². The normalized spacial score (nSPS) is 13.4. The molecule has 1 aromatic heterocycles. The molecule has 0 aliphatic carbocycles. The maximum atomic E-state index is 14.5. The van der Waals surface area contributed by atoms with E-state index in [-0.39, 0.29) is 31.3 Å². The highest BCUT2D eigenvalue weighted by atomic mass is 32.1. The molecule has 0 aliphatic rings. The molecule has 3 nitrogen and oxygen atoms in total. The van der Waals surface area contributed by atoms with E-state index in [9.17, 15) is 13.6 Å². The van der Waals surface area contributed by atoms with E-state index in [2.05, 4.69) is 10.3 Å². The van der Waals surface area contributed by atoms with Crippen LogP contribution in [0.15, 0.2) is 60.8 Å². The summed E-state index contributed by atoms with van der Waals surface area (Å²) in [6, 6.07) is 15.9. The number of aromatic nitrogens is 1. The van der Waals surface area contributed by atoms with Crippen LogP contribution in [-0.4, -0.2) is 22.1 Å². The number of fused-ring (bicyclic) bond motifs is 1. The molecule has 0 fully saturated rings. The summed E-state index contributed by atoms with van der Waals surface area (Å²) in [5.41, 5.74) is -0.715. The van der Waals surface area contributed by atoms with Gasteiger partial charge in [-0.1, -0.05) is 42.5 Å². The lowest BCUT2D eigenvalue weighted by Gasteiger charge is -2.35. The fourth-order valence-corrected chi connectivity index (χ4v) is 3.72. The van der Waals surface area contributed by atoms with Crippen LogP contribution in [0.3, 0.4) is 0 Å². The fourth-order valence-electron chi connectivity index (χ4n) is 3.72. The largest absolute Gasteiger partial charge is 0.346 e. The standard InChI is InChI=1S/C23H24F2N2O.H2S/c1-22(2,25)15-23(3,13-16-8-5-4-6-9-16)27-21(28)18-12-17-10-7-11-19(24)20(17)26-14-18;/h4-12,14H,13,15H2,1-3H3,(H,27,28);1H2/t23-;/m0./s1. The van der Waals surface area contributed by atoms with Gasteiger partial charge < -0.3 is 5.32 Å². The molecule has 0 unspecified atom stereocenters. The highest BCUT2D eigenvalue weighted by molar-refractivity contribution is 7.59. The number of rotatable bonds is 6. The van der Waals surface area contributed by atoms with Crippen LogP contribution in [0.25, 0.3) is 10.9 Å². The molecule has 0 spiro atoms. The Morgan fingerprint density at radius 2 is 1.76 bits per heavy atom. The Bertz CT molecular complexity index is 989. The number of carbonyl (C=O) groups is 1. The van der Waals surface area contributed by atoms with Crippen molar-refractivity contribution in [3.05, 3.63) is 77.7 Å². The van der Waals surface area contributed by atoms with E-state index >= 15 is 0 Å². The Labute approximate surface area is 177 Å². The first-order valence-corrected chi connectivity index (χ1v) is 9.25. The van der Waals surface area contributed by atoms with Gasteiger partial charge in [-0.2, -0.15) is 13.5 Å². The number of hydrogen-bond donors (Lipinski definition) is 1. The molecular weight excluding hydrogens is 390 g/mol. The highest BCUT2D eigenvalue weighted by Crippen LogP contribution is 2.27. The van der Waals surface area contributed by atoms with Crippen LogP contribution in [0.4, 0.5) is 8.78 Å². The molecule has 0 aliphatic heterocycles. The average Bonchev–Trinajstić information content (AvgIpc) is 2.60. The van der Waals surface area contributed by atoms with Crippen LogP contribution in [0.1, 0.15) is 43.1 Å². The lowest BCUT2D eigenvalue weighted by molar-refractivity contribution is 0.0843. The molecule has 1 N–H and O–H groups in total. The van der Waals surface area contributed by atoms with Gasteiger partial charge in [-0.15, -0.1) is 0 Å². The SMILES string of the molecule is CC(C)(F)C[C@](C)(Cc1ccccc1)NC(=O)c1cnc2c(F)cccc2c1.S. The number of benzene rings is 2. The zero-order valence-electron chi connectivity index (χ0n) is 16.8. The number of halogens is 2. The zero-order valence-corrected chi connectivity index (χ0v) is 17.8. The van der Waals surface area contributed by atoms with E-state index in [0.717, 1.165) is 5.56 Å². The third-order valence-corrected chi connectivity index (χ3v) is 4.59. The van der Waals surface area contributed by atoms with E-state index in [0.29, 0.717) is 17.4 Å². The molecule has 2 aromatic carbocycles. The fraction of sp³-hybridized carbons (Fsp3) is 0.304. The number of pyridine rings is 1. The van der Waals surface area contributed by atoms with E-state index in [4.69, 9.17) is 0 Å². The van der Waals surface area contributed by atoms with Crippen molar-refractivity contribution in [1.29, 1.82) is 0 Å². The Kier molecular flexibility index (Phi) is 7.01. The number of carbonyl (C=O) groups excluding carboxylic acids is 1. The first-order chi connectivity index (χ1) is 13.2. The molecule has 154 valence electrons. The molecule has 1 heterocycles. The van der Waals surface area contributed by atoms with Gasteiger partial charge in [0, 0.05) is 23.5 Å². The second-order valence-corrected chi connectivity index (χ2v) is 8.11. The molecule has 0 bridgehead atoms. The van der Waals surface area contributed by atoms with Crippen LogP contribution in [0.5, 0.6) is 0 Å².